The van der Waals surface area contributed by atoms with E-state index in [2.05, 4.69) is 16.7 Å². The maximum Gasteiger partial charge on any atom is 0.404 e. The zero-order chi connectivity index (χ0) is 28.0. The molecule has 39 heavy (non-hydrogen) atoms. The fourth-order valence-electron chi connectivity index (χ4n) is 4.78. The normalized spacial score (nSPS) is 13.4. The molecular formula is C30H41N3O6. The minimum absolute atomic E-state index is 0.00662. The van der Waals surface area contributed by atoms with Gasteiger partial charge in [-0.1, -0.05) is 44.2 Å². The highest BCUT2D eigenvalue weighted by atomic mass is 16.5. The summed E-state index contributed by atoms with van der Waals surface area (Å²) in [5.74, 6) is -0.411. The number of aryl methyl sites for hydroxylation is 1. The van der Waals surface area contributed by atoms with Gasteiger partial charge in [0.15, 0.2) is 0 Å². The Kier molecular flexibility index (Phi) is 12.2. The Morgan fingerprint density at radius 1 is 0.897 bits per heavy atom. The molecule has 1 aliphatic carbocycles. The van der Waals surface area contributed by atoms with Crippen molar-refractivity contribution in [1.29, 1.82) is 0 Å². The molecule has 0 fully saturated rings. The number of nitrogens with two attached hydrogens (primary N) is 1. The molecule has 0 aromatic heterocycles. The number of primary amides is 1. The Hall–Kier alpha value is -3.43. The molecule has 2 aromatic carbocycles. The van der Waals surface area contributed by atoms with Gasteiger partial charge in [0.25, 0.3) is 5.91 Å². The second-order valence-electron chi connectivity index (χ2n) is 9.56. The highest BCUT2D eigenvalue weighted by molar-refractivity contribution is 6.03. The summed E-state index contributed by atoms with van der Waals surface area (Å²) in [4.78, 5) is 36.7. The molecule has 9 heteroatoms. The van der Waals surface area contributed by atoms with E-state index < -0.39 is 6.09 Å². The van der Waals surface area contributed by atoms with E-state index in [4.69, 9.17) is 19.9 Å². The number of hydrogen-bond donors (Lipinski definition) is 3. The predicted octanol–water partition coefficient (Wildman–Crippen LogP) is 3.92. The monoisotopic (exact) mass is 539 g/mol. The van der Waals surface area contributed by atoms with Crippen molar-refractivity contribution < 1.29 is 28.6 Å². The number of nitrogens with one attached hydrogen (secondary N) is 2. The quantitative estimate of drug-likeness (QED) is 0.261. The lowest BCUT2D eigenvalue weighted by atomic mass is 9.95. The van der Waals surface area contributed by atoms with Crippen molar-refractivity contribution in [1.82, 2.24) is 10.6 Å². The number of hydrogen-bond acceptors (Lipinski definition) is 6. The second kappa shape index (κ2) is 15.9. The van der Waals surface area contributed by atoms with Crippen LogP contribution in [0, 0.1) is 0 Å². The van der Waals surface area contributed by atoms with Crippen LogP contribution >= 0.6 is 0 Å². The number of benzene rings is 2. The molecule has 1 unspecified atom stereocenters. The van der Waals surface area contributed by atoms with Crippen LogP contribution < -0.4 is 16.4 Å². The fraction of sp³-hybridized carbons (Fsp3) is 0.500. The van der Waals surface area contributed by atoms with Crippen molar-refractivity contribution >= 4 is 17.9 Å². The second-order valence-corrected chi connectivity index (χ2v) is 9.56. The molecule has 0 aliphatic heterocycles. The number of carbonyl (C=O) groups excluding carboxylic acids is 3. The van der Waals surface area contributed by atoms with E-state index in [0.29, 0.717) is 57.9 Å². The minimum Gasteiger partial charge on any atom is -0.449 e. The molecular weight excluding hydrogens is 498 g/mol. The Morgan fingerprint density at radius 2 is 1.62 bits per heavy atom. The zero-order valence-corrected chi connectivity index (χ0v) is 23.1. The van der Waals surface area contributed by atoms with Gasteiger partial charge in [0.05, 0.1) is 13.2 Å². The lowest BCUT2D eigenvalue weighted by Gasteiger charge is -2.14. The molecule has 0 bridgehead atoms. The Morgan fingerprint density at radius 3 is 2.31 bits per heavy atom. The van der Waals surface area contributed by atoms with Gasteiger partial charge in [-0.25, -0.2) is 4.79 Å². The average molecular weight is 540 g/mol. The third-order valence-electron chi connectivity index (χ3n) is 6.54. The molecule has 2 aromatic rings. The maximum atomic E-state index is 13.1. The van der Waals surface area contributed by atoms with Gasteiger partial charge in [0.1, 0.15) is 6.61 Å². The fourth-order valence-corrected chi connectivity index (χ4v) is 4.78. The van der Waals surface area contributed by atoms with Gasteiger partial charge >= 0.3 is 6.09 Å². The van der Waals surface area contributed by atoms with Gasteiger partial charge < -0.3 is 30.6 Å². The topological polar surface area (TPSA) is 129 Å². The summed E-state index contributed by atoms with van der Waals surface area (Å²) in [6.07, 6.45) is 2.88. The first-order chi connectivity index (χ1) is 19.0. The average Bonchev–Trinajstić information content (AvgIpc) is 3.24. The molecule has 212 valence electrons. The number of amides is 3. The van der Waals surface area contributed by atoms with Crippen molar-refractivity contribution in [2.75, 3.05) is 46.1 Å². The van der Waals surface area contributed by atoms with Crippen molar-refractivity contribution in [3.8, 4) is 11.1 Å². The van der Waals surface area contributed by atoms with E-state index in [1.807, 2.05) is 44.2 Å². The van der Waals surface area contributed by atoms with Gasteiger partial charge in [-0.15, -0.1) is 0 Å². The van der Waals surface area contributed by atoms with Crippen LogP contribution in [0.25, 0.3) is 11.1 Å². The van der Waals surface area contributed by atoms with E-state index in [0.717, 1.165) is 47.1 Å². The number of ether oxygens (including phenoxy) is 3. The summed E-state index contributed by atoms with van der Waals surface area (Å²) in [6, 6.07) is 11.7. The third kappa shape index (κ3) is 8.80. The van der Waals surface area contributed by atoms with Gasteiger partial charge in [0.2, 0.25) is 5.91 Å². The van der Waals surface area contributed by atoms with E-state index in [1.165, 1.54) is 0 Å². The smallest absolute Gasteiger partial charge is 0.404 e. The molecule has 1 aliphatic rings. The Bertz CT molecular complexity index is 1120. The molecule has 0 spiro atoms. The van der Waals surface area contributed by atoms with Gasteiger partial charge in [-0.05, 0) is 59.6 Å². The molecule has 0 heterocycles. The van der Waals surface area contributed by atoms with E-state index in [9.17, 15) is 14.4 Å². The lowest BCUT2D eigenvalue weighted by Crippen LogP contribution is -2.28. The molecule has 1 atom stereocenters. The van der Waals surface area contributed by atoms with Crippen molar-refractivity contribution in [3.05, 3.63) is 58.7 Å². The van der Waals surface area contributed by atoms with Crippen molar-refractivity contribution in [2.45, 2.75) is 51.9 Å². The third-order valence-corrected chi connectivity index (χ3v) is 6.54. The molecule has 4 N–H and O–H groups in total. The summed E-state index contributed by atoms with van der Waals surface area (Å²) < 4.78 is 16.1. The van der Waals surface area contributed by atoms with E-state index in [1.54, 1.807) is 0 Å². The van der Waals surface area contributed by atoms with Gasteiger partial charge in [0, 0.05) is 44.2 Å². The first-order valence-electron chi connectivity index (χ1n) is 13.8. The Balaban J connectivity index is 1.71. The largest absolute Gasteiger partial charge is 0.449 e. The standard InChI is InChI=1S/C30H41N3O6/c1-3-15-37-17-13-32-27(34)10-5-7-21-11-12-23-25(19-21)26(20-39-30(31)36)22-8-6-9-24(28(22)23)29(35)33-14-18-38-16-4-2/h6,8-9,11-12,19,26H,3-5,7,10,13-18,20H2,1-2H3,(H2,31,36)(H,32,34)(H,33,35). The van der Waals surface area contributed by atoms with Crippen LogP contribution in [0.1, 0.15) is 72.5 Å². The Labute approximate surface area is 230 Å². The van der Waals surface area contributed by atoms with E-state index in [-0.39, 0.29) is 24.3 Å². The van der Waals surface area contributed by atoms with Crippen LogP contribution in [0.4, 0.5) is 4.79 Å². The summed E-state index contributed by atoms with van der Waals surface area (Å²) in [7, 11) is 0. The molecule has 0 saturated heterocycles. The number of carbonyl (C=O) groups is 3. The molecule has 0 radical (unpaired) electrons. The van der Waals surface area contributed by atoms with Crippen LogP contribution in [-0.2, 0) is 25.4 Å². The van der Waals surface area contributed by atoms with Crippen molar-refractivity contribution in [3.63, 3.8) is 0 Å². The number of fused-ring (bicyclic) bond motifs is 3. The summed E-state index contributed by atoms with van der Waals surface area (Å²) in [6.45, 7) is 7.43. The zero-order valence-electron chi connectivity index (χ0n) is 23.1. The van der Waals surface area contributed by atoms with Crippen LogP contribution in [0.15, 0.2) is 36.4 Å². The first kappa shape index (κ1) is 30.1. The maximum absolute atomic E-state index is 13.1. The first-order valence-corrected chi connectivity index (χ1v) is 13.8. The molecule has 9 nitrogen and oxygen atoms in total. The van der Waals surface area contributed by atoms with Crippen LogP contribution in [0.5, 0.6) is 0 Å². The highest BCUT2D eigenvalue weighted by Gasteiger charge is 2.33. The molecule has 0 saturated carbocycles. The van der Waals surface area contributed by atoms with E-state index >= 15 is 0 Å². The highest BCUT2D eigenvalue weighted by Crippen LogP contribution is 2.47. The molecule has 3 rings (SSSR count). The number of rotatable bonds is 17. The van der Waals surface area contributed by atoms with Crippen LogP contribution in [0.3, 0.4) is 0 Å². The van der Waals surface area contributed by atoms with Crippen molar-refractivity contribution in [2.24, 2.45) is 5.73 Å². The minimum atomic E-state index is -0.840. The van der Waals surface area contributed by atoms with Gasteiger partial charge in [-0.3, -0.25) is 9.59 Å². The lowest BCUT2D eigenvalue weighted by molar-refractivity contribution is -0.121. The van der Waals surface area contributed by atoms with Crippen LogP contribution in [0.2, 0.25) is 0 Å². The predicted molar refractivity (Wildman–Crippen MR) is 150 cm³/mol. The summed E-state index contributed by atoms with van der Waals surface area (Å²) in [5.41, 5.74) is 10.6. The summed E-state index contributed by atoms with van der Waals surface area (Å²) >= 11 is 0. The summed E-state index contributed by atoms with van der Waals surface area (Å²) in [5, 5.41) is 5.83. The van der Waals surface area contributed by atoms with Crippen LogP contribution in [-0.4, -0.2) is 64.0 Å². The van der Waals surface area contributed by atoms with Gasteiger partial charge in [-0.2, -0.15) is 0 Å². The SMILES string of the molecule is CCCOCCNC(=O)CCCc1ccc2c(c1)C(COC(N)=O)c1cccc(C(=O)NCCOCCC)c1-2. The molecule has 3 amide bonds.